The first-order valence-electron chi connectivity index (χ1n) is 5.73. The topological polar surface area (TPSA) is 49.4 Å². The Kier molecular flexibility index (Phi) is 2.70. The molecule has 0 amide bonds. The maximum Gasteiger partial charge on any atom is 0.265 e. The molecule has 98 valence electrons. The lowest BCUT2D eigenvalue weighted by atomic mass is 9.87. The monoisotopic (exact) mass is 266 g/mol. The molecule has 0 saturated carbocycles. The van der Waals surface area contributed by atoms with Crippen LogP contribution in [0.5, 0.6) is 0 Å². The van der Waals surface area contributed by atoms with Gasteiger partial charge < -0.3 is 4.90 Å². The van der Waals surface area contributed by atoms with Gasteiger partial charge in [0, 0.05) is 7.05 Å². The fraction of sp³-hybridized carbons (Fsp3) is 0.385. The molecule has 1 N–H and O–H groups in total. The number of benzene rings is 1. The number of anilines is 1. The minimum Gasteiger partial charge on any atom is -0.330 e. The van der Waals surface area contributed by atoms with Crippen molar-refractivity contribution < 1.29 is 8.42 Å². The first-order valence-corrected chi connectivity index (χ1v) is 7.21. The van der Waals surface area contributed by atoms with Crippen LogP contribution in [-0.4, -0.2) is 15.5 Å². The van der Waals surface area contributed by atoms with Gasteiger partial charge in [-0.25, -0.2) is 8.42 Å². The van der Waals surface area contributed by atoms with Crippen molar-refractivity contribution in [3.8, 4) is 0 Å². The highest BCUT2D eigenvalue weighted by molar-refractivity contribution is 7.89. The maximum atomic E-state index is 12.1. The summed E-state index contributed by atoms with van der Waals surface area (Å²) in [6, 6.07) is 5.53. The number of hydrogen-bond acceptors (Lipinski definition) is 3. The fourth-order valence-electron chi connectivity index (χ4n) is 1.90. The van der Waals surface area contributed by atoms with Crippen LogP contribution < -0.4 is 9.62 Å². The summed E-state index contributed by atoms with van der Waals surface area (Å²) in [6.07, 6.45) is 0. The van der Waals surface area contributed by atoms with Gasteiger partial charge in [-0.15, -0.1) is 0 Å². The fourth-order valence-corrected chi connectivity index (χ4v) is 3.22. The van der Waals surface area contributed by atoms with E-state index in [4.69, 9.17) is 0 Å². The van der Waals surface area contributed by atoms with E-state index in [1.165, 1.54) is 0 Å². The number of nitrogens with zero attached hydrogens (tertiary/aromatic N) is 1. The summed E-state index contributed by atoms with van der Waals surface area (Å²) in [5.41, 5.74) is 1.57. The number of nitrogens with one attached hydrogen (secondary N) is 1. The molecule has 0 atom stereocenters. The van der Waals surface area contributed by atoms with Crippen molar-refractivity contribution in [3.05, 3.63) is 36.2 Å². The van der Waals surface area contributed by atoms with Gasteiger partial charge in [-0.2, -0.15) is 0 Å². The summed E-state index contributed by atoms with van der Waals surface area (Å²) in [4.78, 5) is 2.05. The number of rotatable bonds is 0. The zero-order valence-corrected chi connectivity index (χ0v) is 11.9. The minimum absolute atomic E-state index is 0.0857. The van der Waals surface area contributed by atoms with Crippen LogP contribution in [0.2, 0.25) is 0 Å². The van der Waals surface area contributed by atoms with Gasteiger partial charge in [0.15, 0.2) is 0 Å². The molecule has 1 aliphatic heterocycles. The Morgan fingerprint density at radius 3 is 2.44 bits per heavy atom. The van der Waals surface area contributed by atoms with Crippen molar-refractivity contribution in [2.75, 3.05) is 11.9 Å². The summed E-state index contributed by atoms with van der Waals surface area (Å²) in [5.74, 6) is 0.367. The summed E-state index contributed by atoms with van der Waals surface area (Å²) in [6.45, 7) is 9.86. The third kappa shape index (κ3) is 1.99. The number of sulfonamides is 1. The van der Waals surface area contributed by atoms with E-state index in [1.807, 2.05) is 12.1 Å². The van der Waals surface area contributed by atoms with Crippen LogP contribution in [-0.2, 0) is 15.4 Å². The Morgan fingerprint density at radius 2 is 1.89 bits per heavy atom. The van der Waals surface area contributed by atoms with Crippen LogP contribution >= 0.6 is 0 Å². The van der Waals surface area contributed by atoms with E-state index in [0.717, 1.165) is 5.56 Å². The van der Waals surface area contributed by atoms with E-state index < -0.39 is 10.0 Å². The quantitative estimate of drug-likeness (QED) is 0.783. The first-order chi connectivity index (χ1) is 8.13. The number of hydrogen-bond donors (Lipinski definition) is 1. The van der Waals surface area contributed by atoms with Crippen LogP contribution in [0.15, 0.2) is 35.5 Å². The summed E-state index contributed by atoms with van der Waals surface area (Å²) in [5, 5.41) is 0. The molecule has 0 aliphatic carbocycles. The highest BCUT2D eigenvalue weighted by atomic mass is 32.2. The van der Waals surface area contributed by atoms with Crippen LogP contribution in [0.1, 0.15) is 26.3 Å². The SMILES string of the molecule is C=C1NS(=O)(=O)c2cc(C(C)(C)C)ccc2N1C. The predicted octanol–water partition coefficient (Wildman–Crippen LogP) is 2.18. The molecule has 1 heterocycles. The molecule has 0 saturated heterocycles. The van der Waals surface area contributed by atoms with E-state index >= 15 is 0 Å². The number of fused-ring (bicyclic) bond motifs is 1. The molecule has 0 aromatic heterocycles. The Balaban J connectivity index is 2.69. The Bertz CT molecular complexity index is 612. The second-order valence-electron chi connectivity index (χ2n) is 5.54. The van der Waals surface area contributed by atoms with Gasteiger partial charge in [0.05, 0.1) is 5.69 Å². The molecule has 0 radical (unpaired) electrons. The van der Waals surface area contributed by atoms with Crippen LogP contribution in [0, 0.1) is 0 Å². The van der Waals surface area contributed by atoms with Crippen molar-refractivity contribution in [1.82, 2.24) is 4.72 Å². The molecule has 1 aliphatic rings. The molecule has 0 unspecified atom stereocenters. The maximum absolute atomic E-state index is 12.1. The van der Waals surface area contributed by atoms with Gasteiger partial charge in [-0.3, -0.25) is 4.72 Å². The zero-order valence-electron chi connectivity index (χ0n) is 11.1. The van der Waals surface area contributed by atoms with Gasteiger partial charge in [-0.05, 0) is 23.1 Å². The van der Waals surface area contributed by atoms with E-state index in [-0.39, 0.29) is 5.41 Å². The van der Waals surface area contributed by atoms with Crippen molar-refractivity contribution in [1.29, 1.82) is 0 Å². The Morgan fingerprint density at radius 1 is 1.28 bits per heavy atom. The van der Waals surface area contributed by atoms with Crippen LogP contribution in [0.4, 0.5) is 5.69 Å². The van der Waals surface area contributed by atoms with Crippen molar-refractivity contribution >= 4 is 15.7 Å². The van der Waals surface area contributed by atoms with E-state index in [2.05, 4.69) is 32.1 Å². The van der Waals surface area contributed by atoms with Gasteiger partial charge in [0.2, 0.25) is 0 Å². The summed E-state index contributed by atoms with van der Waals surface area (Å²) >= 11 is 0. The molecule has 5 heteroatoms. The molecule has 4 nitrogen and oxygen atoms in total. The Hall–Kier alpha value is -1.49. The third-order valence-corrected chi connectivity index (χ3v) is 4.54. The molecule has 0 spiro atoms. The zero-order chi connectivity index (χ0) is 13.7. The second-order valence-corrected chi connectivity index (χ2v) is 7.19. The molecule has 0 fully saturated rings. The molecular weight excluding hydrogens is 248 g/mol. The highest BCUT2D eigenvalue weighted by Gasteiger charge is 2.30. The van der Waals surface area contributed by atoms with Gasteiger partial charge in [-0.1, -0.05) is 33.4 Å². The second kappa shape index (κ2) is 3.75. The van der Waals surface area contributed by atoms with Gasteiger partial charge in [0.1, 0.15) is 10.7 Å². The summed E-state index contributed by atoms with van der Waals surface area (Å²) in [7, 11) is -1.71. The molecule has 1 aromatic carbocycles. The largest absolute Gasteiger partial charge is 0.330 e. The lowest BCUT2D eigenvalue weighted by Gasteiger charge is -2.31. The third-order valence-electron chi connectivity index (χ3n) is 3.13. The average Bonchev–Trinajstić information content (AvgIpc) is 2.24. The Labute approximate surface area is 108 Å². The lowest BCUT2D eigenvalue weighted by Crippen LogP contribution is -2.38. The molecule has 1 aromatic rings. The normalized spacial score (nSPS) is 18.2. The van der Waals surface area contributed by atoms with Gasteiger partial charge >= 0.3 is 0 Å². The van der Waals surface area contributed by atoms with E-state index in [0.29, 0.717) is 16.4 Å². The highest BCUT2D eigenvalue weighted by Crippen LogP contribution is 2.34. The molecule has 0 bridgehead atoms. The molecule has 18 heavy (non-hydrogen) atoms. The predicted molar refractivity (Wildman–Crippen MR) is 73.0 cm³/mol. The first kappa shape index (κ1) is 13.0. The minimum atomic E-state index is -3.50. The standard InChI is InChI=1S/C13H18N2O2S/c1-9-14-18(16,17)12-8-10(13(2,3)4)6-7-11(12)15(9)5/h6-8,14H,1H2,2-5H3. The van der Waals surface area contributed by atoms with Gasteiger partial charge in [0.25, 0.3) is 10.0 Å². The molecule has 2 rings (SSSR count). The average molecular weight is 266 g/mol. The van der Waals surface area contributed by atoms with Crippen molar-refractivity contribution in [2.24, 2.45) is 0 Å². The van der Waals surface area contributed by atoms with Crippen molar-refractivity contribution in [3.63, 3.8) is 0 Å². The smallest absolute Gasteiger partial charge is 0.265 e. The van der Waals surface area contributed by atoms with Crippen molar-refractivity contribution in [2.45, 2.75) is 31.1 Å². The summed E-state index contributed by atoms with van der Waals surface area (Å²) < 4.78 is 26.7. The van der Waals surface area contributed by atoms with Crippen LogP contribution in [0.3, 0.4) is 0 Å². The van der Waals surface area contributed by atoms with E-state index in [9.17, 15) is 8.42 Å². The van der Waals surface area contributed by atoms with Crippen LogP contribution in [0.25, 0.3) is 0 Å². The molecular formula is C13H18N2O2S. The lowest BCUT2D eigenvalue weighted by molar-refractivity contribution is 0.577. The van der Waals surface area contributed by atoms with E-state index in [1.54, 1.807) is 18.0 Å².